The number of nitrogens with one attached hydrogen (secondary N) is 1. The molecule has 39 heavy (non-hydrogen) atoms. The molecule has 0 amide bonds. The number of methoxy groups -OCH3 is 1. The topological polar surface area (TPSA) is 117 Å². The van der Waals surface area contributed by atoms with Gasteiger partial charge in [0.05, 0.1) is 19.8 Å². The zero-order chi connectivity index (χ0) is 27.8. The molecule has 0 saturated heterocycles. The van der Waals surface area contributed by atoms with E-state index < -0.39 is 6.10 Å². The number of phenols is 1. The van der Waals surface area contributed by atoms with Gasteiger partial charge < -0.3 is 35.8 Å². The van der Waals surface area contributed by atoms with Crippen molar-refractivity contribution in [1.82, 2.24) is 5.32 Å². The van der Waals surface area contributed by atoms with E-state index >= 15 is 0 Å². The van der Waals surface area contributed by atoms with Crippen LogP contribution in [0.15, 0.2) is 78.9 Å². The Morgan fingerprint density at radius 1 is 0.897 bits per heavy atom. The Hall–Kier alpha value is -4.04. The van der Waals surface area contributed by atoms with Crippen molar-refractivity contribution in [1.29, 1.82) is 0 Å². The van der Waals surface area contributed by atoms with E-state index in [1.54, 1.807) is 19.2 Å². The van der Waals surface area contributed by atoms with E-state index in [-0.39, 0.29) is 12.4 Å². The third kappa shape index (κ3) is 6.89. The molecule has 7 nitrogen and oxygen atoms in total. The van der Waals surface area contributed by atoms with Crippen LogP contribution in [0.2, 0.25) is 0 Å². The first-order valence-corrected chi connectivity index (χ1v) is 13.1. The molecule has 0 radical (unpaired) electrons. The zero-order valence-corrected chi connectivity index (χ0v) is 22.4. The van der Waals surface area contributed by atoms with Crippen molar-refractivity contribution in [3.63, 3.8) is 0 Å². The predicted molar refractivity (Wildman–Crippen MR) is 154 cm³/mol. The molecule has 0 heterocycles. The third-order valence-electron chi connectivity index (χ3n) is 6.78. The molecule has 0 saturated carbocycles. The first-order chi connectivity index (χ1) is 18.9. The van der Waals surface area contributed by atoms with Crippen LogP contribution in [0.3, 0.4) is 0 Å². The number of aliphatic hydroxyl groups excluding tert-OH is 2. The van der Waals surface area contributed by atoms with Gasteiger partial charge in [0.2, 0.25) is 0 Å². The molecule has 0 aliphatic heterocycles. The van der Waals surface area contributed by atoms with Gasteiger partial charge in [-0.2, -0.15) is 0 Å². The molecule has 6 N–H and O–H groups in total. The van der Waals surface area contributed by atoms with Crippen molar-refractivity contribution >= 4 is 5.69 Å². The van der Waals surface area contributed by atoms with Crippen LogP contribution >= 0.6 is 0 Å². The van der Waals surface area contributed by atoms with Crippen LogP contribution in [0.25, 0.3) is 11.1 Å². The van der Waals surface area contributed by atoms with Gasteiger partial charge in [0, 0.05) is 28.9 Å². The smallest absolute Gasteiger partial charge is 0.128 e. The number of ether oxygens (including phenoxy) is 2. The molecule has 0 bridgehead atoms. The van der Waals surface area contributed by atoms with E-state index in [1.807, 2.05) is 60.7 Å². The highest BCUT2D eigenvalue weighted by atomic mass is 16.5. The number of hydrogen-bond donors (Lipinski definition) is 5. The molecule has 7 heteroatoms. The van der Waals surface area contributed by atoms with Crippen LogP contribution in [0, 0.1) is 0 Å². The first-order valence-electron chi connectivity index (χ1n) is 13.1. The standard InChI is InChI=1S/C32H36N2O5/c1-3-22-5-4-6-27(32(22)33)28-18-26(12-14-31(28)38-2)39-25-10-7-21(8-11-25)15-16-34-19-30(37)23-9-13-29(36)24(17-23)20-35/h4-14,17-18,30,34-37H,3,15-16,19-20,33H2,1-2H3. The Balaban J connectivity index is 1.34. The Kier molecular flexibility index (Phi) is 9.44. The maximum Gasteiger partial charge on any atom is 0.128 e. The van der Waals surface area contributed by atoms with Gasteiger partial charge in [0.15, 0.2) is 0 Å². The van der Waals surface area contributed by atoms with E-state index in [0.29, 0.717) is 30.0 Å². The van der Waals surface area contributed by atoms with Crippen molar-refractivity contribution in [3.05, 3.63) is 101 Å². The molecular weight excluding hydrogens is 492 g/mol. The van der Waals surface area contributed by atoms with Crippen LogP contribution < -0.4 is 20.5 Å². The Bertz CT molecular complexity index is 1390. The van der Waals surface area contributed by atoms with Gasteiger partial charge in [-0.3, -0.25) is 0 Å². The van der Waals surface area contributed by atoms with Crippen molar-refractivity contribution in [3.8, 4) is 34.1 Å². The number of anilines is 1. The van der Waals surface area contributed by atoms with Gasteiger partial charge in [-0.05, 0) is 78.5 Å². The fourth-order valence-corrected chi connectivity index (χ4v) is 4.51. The van der Waals surface area contributed by atoms with Crippen LogP contribution in [0.1, 0.15) is 35.3 Å². The van der Waals surface area contributed by atoms with Crippen LogP contribution in [-0.4, -0.2) is 35.5 Å². The second kappa shape index (κ2) is 13.2. The zero-order valence-electron chi connectivity index (χ0n) is 22.4. The fourth-order valence-electron chi connectivity index (χ4n) is 4.51. The molecule has 1 unspecified atom stereocenters. The Labute approximate surface area is 229 Å². The van der Waals surface area contributed by atoms with Crippen molar-refractivity contribution in [2.24, 2.45) is 0 Å². The van der Waals surface area contributed by atoms with Crippen LogP contribution in [0.4, 0.5) is 5.69 Å². The first kappa shape index (κ1) is 28.0. The number of para-hydroxylation sites is 1. The summed E-state index contributed by atoms with van der Waals surface area (Å²) in [4.78, 5) is 0. The van der Waals surface area contributed by atoms with E-state index in [4.69, 9.17) is 15.2 Å². The number of nitrogens with two attached hydrogens (primary N) is 1. The number of aryl methyl sites for hydroxylation is 1. The molecule has 204 valence electrons. The molecular formula is C32H36N2O5. The van der Waals surface area contributed by atoms with Crippen LogP contribution in [-0.2, 0) is 19.4 Å². The monoisotopic (exact) mass is 528 g/mol. The summed E-state index contributed by atoms with van der Waals surface area (Å²) in [7, 11) is 1.65. The van der Waals surface area contributed by atoms with E-state index in [9.17, 15) is 15.3 Å². The average Bonchev–Trinajstić information content (AvgIpc) is 2.96. The Morgan fingerprint density at radius 2 is 1.67 bits per heavy atom. The molecule has 0 spiro atoms. The summed E-state index contributed by atoms with van der Waals surface area (Å²) >= 11 is 0. The second-order valence-corrected chi connectivity index (χ2v) is 9.36. The molecule has 4 aromatic carbocycles. The minimum atomic E-state index is -0.735. The number of hydrogen-bond acceptors (Lipinski definition) is 7. The van der Waals surface area contributed by atoms with Gasteiger partial charge in [-0.1, -0.05) is 43.3 Å². The molecule has 0 aliphatic rings. The maximum absolute atomic E-state index is 10.4. The van der Waals surface area contributed by atoms with Gasteiger partial charge in [-0.15, -0.1) is 0 Å². The summed E-state index contributed by atoms with van der Waals surface area (Å²) < 4.78 is 11.7. The van der Waals surface area contributed by atoms with Crippen molar-refractivity contribution in [2.75, 3.05) is 25.9 Å². The predicted octanol–water partition coefficient (Wildman–Crippen LogP) is 5.36. The quantitative estimate of drug-likeness (QED) is 0.124. The number of rotatable bonds is 12. The molecule has 0 aliphatic carbocycles. The lowest BCUT2D eigenvalue weighted by atomic mass is 9.98. The van der Waals surface area contributed by atoms with E-state index in [2.05, 4.69) is 12.2 Å². The average molecular weight is 529 g/mol. The molecule has 4 aromatic rings. The normalized spacial score (nSPS) is 11.8. The van der Waals surface area contributed by atoms with Gasteiger partial charge in [0.25, 0.3) is 0 Å². The van der Waals surface area contributed by atoms with Gasteiger partial charge in [-0.25, -0.2) is 0 Å². The summed E-state index contributed by atoms with van der Waals surface area (Å²) in [5, 5.41) is 32.7. The lowest BCUT2D eigenvalue weighted by molar-refractivity contribution is 0.174. The van der Waals surface area contributed by atoms with E-state index in [1.165, 1.54) is 6.07 Å². The molecule has 0 aromatic heterocycles. The summed E-state index contributed by atoms with van der Waals surface area (Å²) in [5.41, 5.74) is 12.3. The fraction of sp³-hybridized carbons (Fsp3) is 0.250. The summed E-state index contributed by atoms with van der Waals surface area (Å²) in [6, 6.07) is 24.4. The highest BCUT2D eigenvalue weighted by molar-refractivity contribution is 5.83. The number of benzene rings is 4. The summed E-state index contributed by atoms with van der Waals surface area (Å²) in [5.74, 6) is 2.16. The lowest BCUT2D eigenvalue weighted by Gasteiger charge is -2.15. The molecule has 4 rings (SSSR count). The highest BCUT2D eigenvalue weighted by Gasteiger charge is 2.13. The molecule has 1 atom stereocenters. The van der Waals surface area contributed by atoms with E-state index in [0.717, 1.165) is 52.3 Å². The lowest BCUT2D eigenvalue weighted by Crippen LogP contribution is -2.23. The minimum absolute atomic E-state index is 0.0210. The third-order valence-corrected chi connectivity index (χ3v) is 6.78. The Morgan fingerprint density at radius 3 is 2.38 bits per heavy atom. The van der Waals surface area contributed by atoms with Gasteiger partial charge in [0.1, 0.15) is 23.0 Å². The highest BCUT2D eigenvalue weighted by Crippen LogP contribution is 2.38. The van der Waals surface area contributed by atoms with Crippen molar-refractivity contribution in [2.45, 2.75) is 32.5 Å². The SMILES string of the molecule is CCc1cccc(-c2cc(Oc3ccc(CCNCC(O)c4ccc(O)c(CO)c4)cc3)ccc2OC)c1N. The van der Waals surface area contributed by atoms with Crippen LogP contribution in [0.5, 0.6) is 23.0 Å². The van der Waals surface area contributed by atoms with Crippen molar-refractivity contribution < 1.29 is 24.8 Å². The number of aliphatic hydroxyl groups is 2. The molecule has 0 fully saturated rings. The summed E-state index contributed by atoms with van der Waals surface area (Å²) in [6.45, 7) is 2.85. The van der Waals surface area contributed by atoms with Gasteiger partial charge >= 0.3 is 0 Å². The number of nitrogen functional groups attached to an aromatic ring is 1. The number of aromatic hydroxyl groups is 1. The largest absolute Gasteiger partial charge is 0.508 e. The maximum atomic E-state index is 10.4. The summed E-state index contributed by atoms with van der Waals surface area (Å²) in [6.07, 6.45) is 0.898. The minimum Gasteiger partial charge on any atom is -0.508 e. The second-order valence-electron chi connectivity index (χ2n) is 9.36.